The van der Waals surface area contributed by atoms with E-state index < -0.39 is 30.1 Å². The molecule has 0 amide bonds. The molecule has 0 N–H and O–H groups in total. The second-order valence-corrected chi connectivity index (χ2v) is 8.52. The summed E-state index contributed by atoms with van der Waals surface area (Å²) in [5.74, 6) is -2.81. The highest BCUT2D eigenvalue weighted by molar-refractivity contribution is 5.35. The number of aryl methyl sites for hydroxylation is 1. The molecule has 0 bridgehead atoms. The number of hydrogen-bond donors (Lipinski definition) is 0. The first-order valence-corrected chi connectivity index (χ1v) is 11.1. The summed E-state index contributed by atoms with van der Waals surface area (Å²) in [5.41, 5.74) is 0.949. The van der Waals surface area contributed by atoms with Crippen LogP contribution in [0.4, 0.5) is 17.6 Å². The van der Waals surface area contributed by atoms with Crippen LogP contribution in [0.5, 0.6) is 17.2 Å². The van der Waals surface area contributed by atoms with Gasteiger partial charge >= 0.3 is 6.11 Å². The number of hydrogen-bond acceptors (Lipinski definition) is 3. The molecule has 0 spiro atoms. The van der Waals surface area contributed by atoms with Gasteiger partial charge in [0.05, 0.1) is 6.61 Å². The monoisotopic (exact) mass is 454 g/mol. The summed E-state index contributed by atoms with van der Waals surface area (Å²) in [5, 5.41) is 0. The van der Waals surface area contributed by atoms with E-state index in [9.17, 15) is 17.6 Å². The van der Waals surface area contributed by atoms with Gasteiger partial charge in [0.1, 0.15) is 5.75 Å². The van der Waals surface area contributed by atoms with E-state index >= 15 is 0 Å². The number of alkyl halides is 2. The molecule has 1 aliphatic rings. The van der Waals surface area contributed by atoms with Gasteiger partial charge in [0.2, 0.25) is 11.6 Å². The summed E-state index contributed by atoms with van der Waals surface area (Å²) < 4.78 is 71.8. The van der Waals surface area contributed by atoms with Gasteiger partial charge in [-0.05, 0) is 55.9 Å². The van der Waals surface area contributed by atoms with E-state index in [1.165, 1.54) is 25.0 Å². The lowest BCUT2D eigenvalue weighted by atomic mass is 9.80. The van der Waals surface area contributed by atoms with Crippen molar-refractivity contribution in [2.24, 2.45) is 11.8 Å². The Morgan fingerprint density at radius 2 is 1.44 bits per heavy atom. The zero-order valence-corrected chi connectivity index (χ0v) is 18.5. The largest absolute Gasteiger partial charge is 0.490 e. The SMILES string of the molecule is CCCC1CCC(COc2ccc(OC(F)(F)COc3ccc(C)cc3)c(F)c2F)CC1. The molecule has 32 heavy (non-hydrogen) atoms. The van der Waals surface area contributed by atoms with Crippen molar-refractivity contribution in [1.29, 1.82) is 0 Å². The fraction of sp³-hybridized carbons (Fsp3) is 0.520. The smallest absolute Gasteiger partial charge is 0.433 e. The van der Waals surface area contributed by atoms with E-state index in [-0.39, 0.29) is 24.0 Å². The van der Waals surface area contributed by atoms with Crippen molar-refractivity contribution in [3.8, 4) is 17.2 Å². The standard InChI is InChI=1S/C25H30F4O3/c1-3-4-18-7-9-19(10-8-18)15-30-21-13-14-22(24(27)23(21)26)32-25(28,29)16-31-20-11-5-17(2)6-12-20/h5-6,11-14,18-19H,3-4,7-10,15-16H2,1-2H3. The van der Waals surface area contributed by atoms with Crippen molar-refractivity contribution < 1.29 is 31.8 Å². The van der Waals surface area contributed by atoms with Gasteiger partial charge in [-0.3, -0.25) is 0 Å². The Morgan fingerprint density at radius 3 is 2.09 bits per heavy atom. The molecule has 2 aromatic carbocycles. The third-order valence-corrected chi connectivity index (χ3v) is 5.84. The Balaban J connectivity index is 1.53. The molecular formula is C25H30F4O3. The highest BCUT2D eigenvalue weighted by atomic mass is 19.3. The summed E-state index contributed by atoms with van der Waals surface area (Å²) in [6.07, 6.45) is 2.75. The molecule has 1 saturated carbocycles. The van der Waals surface area contributed by atoms with Gasteiger partial charge in [0.25, 0.3) is 0 Å². The van der Waals surface area contributed by atoms with E-state index in [0.717, 1.165) is 49.3 Å². The molecule has 0 saturated heterocycles. The lowest BCUT2D eigenvalue weighted by Crippen LogP contribution is -2.33. The van der Waals surface area contributed by atoms with Crippen LogP contribution in [0, 0.1) is 30.4 Å². The molecular weight excluding hydrogens is 424 g/mol. The molecule has 0 aliphatic heterocycles. The molecule has 3 rings (SSSR count). The van der Waals surface area contributed by atoms with Crippen LogP contribution in [0.1, 0.15) is 51.0 Å². The van der Waals surface area contributed by atoms with E-state index in [4.69, 9.17) is 9.47 Å². The predicted molar refractivity (Wildman–Crippen MR) is 114 cm³/mol. The fourth-order valence-corrected chi connectivity index (χ4v) is 4.00. The number of benzene rings is 2. The van der Waals surface area contributed by atoms with E-state index in [0.29, 0.717) is 0 Å². The van der Waals surface area contributed by atoms with Crippen LogP contribution >= 0.6 is 0 Å². The van der Waals surface area contributed by atoms with Crippen molar-refractivity contribution in [3.05, 3.63) is 53.6 Å². The van der Waals surface area contributed by atoms with Gasteiger partial charge in [0.15, 0.2) is 18.1 Å². The molecule has 7 heteroatoms. The Labute approximate surface area is 186 Å². The van der Waals surface area contributed by atoms with Crippen LogP contribution in [0.15, 0.2) is 36.4 Å². The highest BCUT2D eigenvalue weighted by Gasteiger charge is 2.35. The molecule has 1 aliphatic carbocycles. The van der Waals surface area contributed by atoms with E-state index in [2.05, 4.69) is 11.7 Å². The number of halogens is 4. The maximum absolute atomic E-state index is 14.4. The van der Waals surface area contributed by atoms with Crippen LogP contribution in [0.2, 0.25) is 0 Å². The van der Waals surface area contributed by atoms with Crippen LogP contribution in [0.25, 0.3) is 0 Å². The van der Waals surface area contributed by atoms with Crippen molar-refractivity contribution >= 4 is 0 Å². The summed E-state index contributed by atoms with van der Waals surface area (Å²) in [6, 6.07) is 8.55. The van der Waals surface area contributed by atoms with Crippen LogP contribution in [0.3, 0.4) is 0 Å². The van der Waals surface area contributed by atoms with Crippen LogP contribution < -0.4 is 14.2 Å². The van der Waals surface area contributed by atoms with Crippen molar-refractivity contribution in [2.75, 3.05) is 13.2 Å². The first kappa shape index (κ1) is 24.2. The summed E-state index contributed by atoms with van der Waals surface area (Å²) in [6.45, 7) is 3.16. The zero-order chi connectivity index (χ0) is 23.1. The second kappa shape index (κ2) is 10.9. The molecule has 0 radical (unpaired) electrons. The Hall–Kier alpha value is -2.44. The van der Waals surface area contributed by atoms with Crippen molar-refractivity contribution in [1.82, 2.24) is 0 Å². The summed E-state index contributed by atoms with van der Waals surface area (Å²) >= 11 is 0. The van der Waals surface area contributed by atoms with Crippen LogP contribution in [-0.4, -0.2) is 19.3 Å². The number of rotatable bonds is 10. The van der Waals surface area contributed by atoms with Gasteiger partial charge in [-0.2, -0.15) is 17.6 Å². The summed E-state index contributed by atoms with van der Waals surface area (Å²) in [7, 11) is 0. The molecule has 3 nitrogen and oxygen atoms in total. The van der Waals surface area contributed by atoms with Gasteiger partial charge in [-0.25, -0.2) is 0 Å². The van der Waals surface area contributed by atoms with Gasteiger partial charge in [0, 0.05) is 0 Å². The molecule has 0 aromatic heterocycles. The Bertz CT molecular complexity index is 862. The van der Waals surface area contributed by atoms with E-state index in [1.807, 2.05) is 6.92 Å². The second-order valence-electron chi connectivity index (χ2n) is 8.52. The molecule has 2 aromatic rings. The lowest BCUT2D eigenvalue weighted by Gasteiger charge is -2.28. The van der Waals surface area contributed by atoms with Gasteiger partial charge in [-0.15, -0.1) is 0 Å². The van der Waals surface area contributed by atoms with Crippen molar-refractivity contribution in [2.45, 2.75) is 58.5 Å². The minimum Gasteiger partial charge on any atom is -0.490 e. The van der Waals surface area contributed by atoms with Crippen molar-refractivity contribution in [3.63, 3.8) is 0 Å². The third-order valence-electron chi connectivity index (χ3n) is 5.84. The maximum atomic E-state index is 14.4. The minimum atomic E-state index is -3.85. The first-order chi connectivity index (χ1) is 15.3. The first-order valence-electron chi connectivity index (χ1n) is 11.1. The topological polar surface area (TPSA) is 27.7 Å². The van der Waals surface area contributed by atoms with E-state index in [1.54, 1.807) is 12.1 Å². The molecule has 176 valence electrons. The molecule has 0 unspecified atom stereocenters. The average Bonchev–Trinajstić information content (AvgIpc) is 2.77. The summed E-state index contributed by atoms with van der Waals surface area (Å²) in [4.78, 5) is 0. The molecule has 0 atom stereocenters. The lowest BCUT2D eigenvalue weighted by molar-refractivity contribution is -0.196. The number of ether oxygens (including phenoxy) is 3. The molecule has 0 heterocycles. The average molecular weight is 455 g/mol. The Morgan fingerprint density at radius 1 is 0.844 bits per heavy atom. The third kappa shape index (κ3) is 6.78. The van der Waals surface area contributed by atoms with Crippen LogP contribution in [-0.2, 0) is 0 Å². The quantitative estimate of drug-likeness (QED) is 0.352. The Kier molecular flexibility index (Phi) is 8.26. The zero-order valence-electron chi connectivity index (χ0n) is 18.5. The fourth-order valence-electron chi connectivity index (χ4n) is 4.00. The maximum Gasteiger partial charge on any atom is 0.433 e. The van der Waals surface area contributed by atoms with Gasteiger partial charge < -0.3 is 14.2 Å². The normalized spacial score (nSPS) is 18.9. The highest BCUT2D eigenvalue weighted by Crippen LogP contribution is 2.34. The predicted octanol–water partition coefficient (Wildman–Crippen LogP) is 7.31. The molecule has 1 fully saturated rings. The minimum absolute atomic E-state index is 0.220. The van der Waals surface area contributed by atoms with Gasteiger partial charge in [-0.1, -0.05) is 50.3 Å².